The maximum atomic E-state index is 11.9. The average molecular weight is 284 g/mol. The number of nitrogens with one attached hydrogen (secondary N) is 2. The summed E-state index contributed by atoms with van der Waals surface area (Å²) in [5.41, 5.74) is 2.29. The van der Waals surface area contributed by atoms with Gasteiger partial charge in [-0.3, -0.25) is 9.59 Å². The lowest BCUT2D eigenvalue weighted by Gasteiger charge is -2.03. The summed E-state index contributed by atoms with van der Waals surface area (Å²) >= 11 is 0. The zero-order valence-electron chi connectivity index (χ0n) is 12.0. The molecular weight excluding hydrogens is 264 g/mol. The highest BCUT2D eigenvalue weighted by Crippen LogP contribution is 2.28. The van der Waals surface area contributed by atoms with Gasteiger partial charge in [-0.15, -0.1) is 0 Å². The van der Waals surface area contributed by atoms with Crippen LogP contribution in [0.4, 0.5) is 0 Å². The van der Waals surface area contributed by atoms with E-state index in [1.54, 1.807) is 0 Å². The highest BCUT2D eigenvalue weighted by Gasteiger charge is 2.29. The van der Waals surface area contributed by atoms with Crippen molar-refractivity contribution in [3.05, 3.63) is 36.0 Å². The van der Waals surface area contributed by atoms with Crippen molar-refractivity contribution in [1.82, 2.24) is 10.3 Å². The molecule has 0 atom stereocenters. The van der Waals surface area contributed by atoms with E-state index in [0.29, 0.717) is 19.4 Å². The fourth-order valence-electron chi connectivity index (χ4n) is 2.55. The van der Waals surface area contributed by atoms with Crippen molar-refractivity contribution in [3.8, 4) is 0 Å². The van der Waals surface area contributed by atoms with Gasteiger partial charge in [-0.1, -0.05) is 18.2 Å². The molecule has 0 bridgehead atoms. The second-order valence-corrected chi connectivity index (χ2v) is 5.71. The molecule has 1 aliphatic carbocycles. The van der Waals surface area contributed by atoms with Gasteiger partial charge in [0.05, 0.1) is 0 Å². The number of fused-ring (bicyclic) bond motifs is 1. The minimum Gasteiger partial charge on any atom is -0.361 e. The number of amides is 1. The summed E-state index contributed by atoms with van der Waals surface area (Å²) < 4.78 is 0. The van der Waals surface area contributed by atoms with Crippen molar-refractivity contribution in [2.45, 2.75) is 32.1 Å². The van der Waals surface area contributed by atoms with E-state index in [4.69, 9.17) is 0 Å². The number of carbonyl (C=O) groups is 2. The zero-order chi connectivity index (χ0) is 14.7. The third kappa shape index (κ3) is 3.51. The first-order valence-corrected chi connectivity index (χ1v) is 7.58. The zero-order valence-corrected chi connectivity index (χ0v) is 12.0. The van der Waals surface area contributed by atoms with Crippen molar-refractivity contribution in [2.24, 2.45) is 5.92 Å². The first-order chi connectivity index (χ1) is 10.2. The molecule has 2 aromatic rings. The van der Waals surface area contributed by atoms with Crippen LogP contribution in [0.25, 0.3) is 10.9 Å². The number of aromatic nitrogens is 1. The molecule has 0 radical (unpaired) electrons. The highest BCUT2D eigenvalue weighted by atomic mass is 16.2. The van der Waals surface area contributed by atoms with E-state index in [9.17, 15) is 9.59 Å². The summed E-state index contributed by atoms with van der Waals surface area (Å²) in [6.45, 7) is 0.474. The predicted molar refractivity (Wildman–Crippen MR) is 82.0 cm³/mol. The van der Waals surface area contributed by atoms with Crippen molar-refractivity contribution in [3.63, 3.8) is 0 Å². The summed E-state index contributed by atoms with van der Waals surface area (Å²) in [5.74, 6) is 0.530. The molecule has 1 fully saturated rings. The van der Waals surface area contributed by atoms with Gasteiger partial charge in [-0.25, -0.2) is 0 Å². The number of aromatic amines is 1. The summed E-state index contributed by atoms with van der Waals surface area (Å²) in [4.78, 5) is 26.6. The molecule has 0 spiro atoms. The fraction of sp³-hybridized carbons (Fsp3) is 0.412. The molecule has 0 saturated heterocycles. The van der Waals surface area contributed by atoms with E-state index < -0.39 is 0 Å². The maximum absolute atomic E-state index is 11.9. The van der Waals surface area contributed by atoms with Gasteiger partial charge in [0.25, 0.3) is 0 Å². The molecule has 3 rings (SSSR count). The van der Waals surface area contributed by atoms with Crippen molar-refractivity contribution in [1.29, 1.82) is 0 Å². The average Bonchev–Trinajstić information content (AvgIpc) is 3.26. The third-order valence-electron chi connectivity index (χ3n) is 4.00. The van der Waals surface area contributed by atoms with E-state index >= 15 is 0 Å². The van der Waals surface area contributed by atoms with Crippen LogP contribution in [0.3, 0.4) is 0 Å². The standard InChI is InChI=1S/C17H20N2O2/c20-14(9-10-18-17(21)12-5-6-12)8-7-13-11-19-16-4-2-1-3-15(13)16/h1-4,11-12,19H,5-10H2,(H,18,21). The number of ketones is 1. The van der Waals surface area contributed by atoms with E-state index in [0.717, 1.165) is 24.8 Å². The Kier molecular flexibility index (Phi) is 4.04. The smallest absolute Gasteiger partial charge is 0.223 e. The number of rotatable bonds is 7. The molecule has 1 amide bonds. The van der Waals surface area contributed by atoms with Crippen LogP contribution in [-0.4, -0.2) is 23.2 Å². The number of hydrogen-bond acceptors (Lipinski definition) is 2. The maximum Gasteiger partial charge on any atom is 0.223 e. The Hall–Kier alpha value is -2.10. The Morgan fingerprint density at radius 3 is 2.81 bits per heavy atom. The van der Waals surface area contributed by atoms with Crippen LogP contribution in [0.15, 0.2) is 30.5 Å². The summed E-state index contributed by atoms with van der Waals surface area (Å²) in [6, 6.07) is 8.11. The summed E-state index contributed by atoms with van der Waals surface area (Å²) in [6.07, 6.45) is 5.69. The summed E-state index contributed by atoms with van der Waals surface area (Å²) in [5, 5.41) is 4.02. The Labute approximate surface area is 123 Å². The van der Waals surface area contributed by atoms with E-state index in [-0.39, 0.29) is 17.6 Å². The Bertz CT molecular complexity index is 656. The normalized spacial score (nSPS) is 14.3. The van der Waals surface area contributed by atoms with E-state index in [2.05, 4.69) is 16.4 Å². The highest BCUT2D eigenvalue weighted by molar-refractivity contribution is 5.85. The van der Waals surface area contributed by atoms with Gasteiger partial charge in [0, 0.05) is 42.4 Å². The van der Waals surface area contributed by atoms with Gasteiger partial charge in [-0.05, 0) is 30.9 Å². The number of para-hydroxylation sites is 1. The molecule has 4 nitrogen and oxygen atoms in total. The quantitative estimate of drug-likeness (QED) is 0.821. The Balaban J connectivity index is 1.44. The predicted octanol–water partition coefficient (Wildman–Crippen LogP) is 2.59. The lowest BCUT2D eigenvalue weighted by molar-refractivity contribution is -0.122. The number of aryl methyl sites for hydroxylation is 1. The van der Waals surface area contributed by atoms with Gasteiger partial charge < -0.3 is 10.3 Å². The van der Waals surface area contributed by atoms with Crippen LogP contribution >= 0.6 is 0 Å². The molecule has 4 heteroatoms. The molecule has 1 aromatic heterocycles. The minimum absolute atomic E-state index is 0.111. The molecule has 1 aromatic carbocycles. The second-order valence-electron chi connectivity index (χ2n) is 5.71. The molecule has 110 valence electrons. The number of Topliss-reactive ketones (excluding diaryl/α,β-unsaturated/α-hetero) is 1. The molecule has 0 aliphatic heterocycles. The first-order valence-electron chi connectivity index (χ1n) is 7.58. The minimum atomic E-state index is 0.111. The Morgan fingerprint density at radius 2 is 2.00 bits per heavy atom. The van der Waals surface area contributed by atoms with Crippen LogP contribution in [0.2, 0.25) is 0 Å². The van der Waals surface area contributed by atoms with E-state index in [1.807, 2.05) is 24.4 Å². The topological polar surface area (TPSA) is 62.0 Å². The second kappa shape index (κ2) is 6.12. The van der Waals surface area contributed by atoms with Crippen molar-refractivity contribution in [2.75, 3.05) is 6.54 Å². The van der Waals surface area contributed by atoms with Crippen LogP contribution in [0, 0.1) is 5.92 Å². The molecular formula is C17H20N2O2. The molecule has 1 saturated carbocycles. The van der Waals surface area contributed by atoms with Crippen LogP contribution < -0.4 is 5.32 Å². The fourth-order valence-corrected chi connectivity index (χ4v) is 2.55. The lowest BCUT2D eigenvalue weighted by Crippen LogP contribution is -2.27. The largest absolute Gasteiger partial charge is 0.361 e. The number of hydrogen-bond donors (Lipinski definition) is 2. The lowest BCUT2D eigenvalue weighted by atomic mass is 10.1. The van der Waals surface area contributed by atoms with Crippen molar-refractivity contribution >= 4 is 22.6 Å². The molecule has 1 aliphatic rings. The van der Waals surface area contributed by atoms with Gasteiger partial charge in [0.2, 0.25) is 5.91 Å². The SMILES string of the molecule is O=C(CCNC(=O)C1CC1)CCc1c[nH]c2ccccc12. The third-order valence-corrected chi connectivity index (χ3v) is 4.00. The van der Waals surface area contributed by atoms with Gasteiger partial charge in [0.15, 0.2) is 0 Å². The van der Waals surface area contributed by atoms with Crippen molar-refractivity contribution < 1.29 is 9.59 Å². The number of benzene rings is 1. The van der Waals surface area contributed by atoms with Crippen LogP contribution in [0.5, 0.6) is 0 Å². The molecule has 1 heterocycles. The number of carbonyl (C=O) groups excluding carboxylic acids is 2. The van der Waals surface area contributed by atoms with Gasteiger partial charge >= 0.3 is 0 Å². The van der Waals surface area contributed by atoms with E-state index in [1.165, 1.54) is 10.9 Å². The molecule has 0 unspecified atom stereocenters. The first kappa shape index (κ1) is 13.9. The van der Waals surface area contributed by atoms with Gasteiger partial charge in [0.1, 0.15) is 5.78 Å². The van der Waals surface area contributed by atoms with Gasteiger partial charge in [-0.2, -0.15) is 0 Å². The molecule has 21 heavy (non-hydrogen) atoms. The summed E-state index contributed by atoms with van der Waals surface area (Å²) in [7, 11) is 0. The number of H-pyrrole nitrogens is 1. The monoisotopic (exact) mass is 284 g/mol. The van der Waals surface area contributed by atoms with Crippen LogP contribution in [-0.2, 0) is 16.0 Å². The molecule has 2 N–H and O–H groups in total. The van der Waals surface area contributed by atoms with Crippen LogP contribution in [0.1, 0.15) is 31.2 Å². The Morgan fingerprint density at radius 1 is 1.19 bits per heavy atom.